The van der Waals surface area contributed by atoms with E-state index in [0.29, 0.717) is 17.9 Å². The molecule has 1 atom stereocenters. The Morgan fingerprint density at radius 2 is 2.18 bits per heavy atom. The fourth-order valence-corrected chi connectivity index (χ4v) is 2.98. The number of rotatable bonds is 2. The van der Waals surface area contributed by atoms with E-state index < -0.39 is 24.5 Å². The van der Waals surface area contributed by atoms with Crippen LogP contribution in [0.1, 0.15) is 12.0 Å². The van der Waals surface area contributed by atoms with Gasteiger partial charge in [0.2, 0.25) is 11.8 Å². The van der Waals surface area contributed by atoms with Gasteiger partial charge in [-0.25, -0.2) is 0 Å². The minimum atomic E-state index is -4.44. The van der Waals surface area contributed by atoms with E-state index in [1.807, 2.05) is 0 Å². The minimum Gasteiger partial charge on any atom is -0.333 e. The van der Waals surface area contributed by atoms with Gasteiger partial charge < -0.3 is 9.80 Å². The molecule has 5 nitrogen and oxygen atoms in total. The van der Waals surface area contributed by atoms with E-state index >= 15 is 0 Å². The molecule has 0 unspecified atom stereocenters. The summed E-state index contributed by atoms with van der Waals surface area (Å²) in [6, 6.07) is 1.71. The summed E-state index contributed by atoms with van der Waals surface area (Å²) >= 11 is 0. The maximum Gasteiger partial charge on any atom is 0.406 e. The number of likely N-dealkylation sites (tertiary alicyclic amines) is 1. The molecule has 1 aromatic rings. The summed E-state index contributed by atoms with van der Waals surface area (Å²) in [6.07, 6.45) is -0.689. The van der Waals surface area contributed by atoms with E-state index in [4.69, 9.17) is 0 Å². The Morgan fingerprint density at radius 3 is 2.91 bits per heavy atom. The SMILES string of the molecule is O=C1C[C@@H](C(=O)N2CCc3cnccc32)CN1CC(F)(F)F. The van der Waals surface area contributed by atoms with Gasteiger partial charge in [-0.1, -0.05) is 0 Å². The lowest BCUT2D eigenvalue weighted by molar-refractivity contribution is -0.157. The molecule has 22 heavy (non-hydrogen) atoms. The molecule has 0 aliphatic carbocycles. The lowest BCUT2D eigenvalue weighted by atomic mass is 10.1. The summed E-state index contributed by atoms with van der Waals surface area (Å²) in [6.45, 7) is -0.992. The van der Waals surface area contributed by atoms with Crippen LogP contribution < -0.4 is 4.90 Å². The standard InChI is InChI=1S/C14H14F3N3O2/c15-14(16,17)8-19-7-10(5-12(19)21)13(22)20-4-2-9-6-18-3-1-11(9)20/h1,3,6,10H,2,4-5,7-8H2/t10-/m1/s1. The molecule has 118 valence electrons. The number of halogens is 3. The zero-order valence-corrected chi connectivity index (χ0v) is 11.6. The molecule has 0 bridgehead atoms. The van der Waals surface area contributed by atoms with E-state index in [0.717, 1.165) is 11.3 Å². The number of anilines is 1. The number of fused-ring (bicyclic) bond motifs is 1. The van der Waals surface area contributed by atoms with Gasteiger partial charge in [0.1, 0.15) is 6.54 Å². The molecule has 0 N–H and O–H groups in total. The number of hydrogen-bond acceptors (Lipinski definition) is 3. The third kappa shape index (κ3) is 2.77. The fourth-order valence-electron chi connectivity index (χ4n) is 2.98. The Labute approximate surface area is 124 Å². The van der Waals surface area contributed by atoms with Gasteiger partial charge in [-0.2, -0.15) is 13.2 Å². The van der Waals surface area contributed by atoms with Crippen molar-refractivity contribution in [2.75, 3.05) is 24.5 Å². The molecule has 0 radical (unpaired) electrons. The summed E-state index contributed by atoms with van der Waals surface area (Å²) in [5.41, 5.74) is 1.68. The van der Waals surface area contributed by atoms with Crippen LogP contribution in [0.5, 0.6) is 0 Å². The minimum absolute atomic E-state index is 0.161. The number of aromatic nitrogens is 1. The number of carbonyl (C=O) groups excluding carboxylic acids is 2. The first-order valence-corrected chi connectivity index (χ1v) is 6.94. The predicted octanol–water partition coefficient (Wildman–Crippen LogP) is 1.38. The Bertz CT molecular complexity index is 618. The maximum atomic E-state index is 12.5. The molecule has 2 aliphatic heterocycles. The van der Waals surface area contributed by atoms with Crippen molar-refractivity contribution in [2.45, 2.75) is 19.0 Å². The van der Waals surface area contributed by atoms with Crippen LogP contribution in [-0.2, 0) is 16.0 Å². The summed E-state index contributed by atoms with van der Waals surface area (Å²) in [4.78, 5) is 30.4. The van der Waals surface area contributed by atoms with Crippen molar-refractivity contribution in [3.8, 4) is 0 Å². The summed E-state index contributed by atoms with van der Waals surface area (Å²) < 4.78 is 37.2. The fraction of sp³-hybridized carbons (Fsp3) is 0.500. The second-order valence-corrected chi connectivity index (χ2v) is 5.53. The smallest absolute Gasteiger partial charge is 0.333 e. The molecule has 2 aliphatic rings. The quantitative estimate of drug-likeness (QED) is 0.829. The Morgan fingerprint density at radius 1 is 1.41 bits per heavy atom. The molecule has 8 heteroatoms. The van der Waals surface area contributed by atoms with Crippen molar-refractivity contribution in [1.82, 2.24) is 9.88 Å². The summed E-state index contributed by atoms with van der Waals surface area (Å²) in [5.74, 6) is -1.62. The van der Waals surface area contributed by atoms with E-state index in [2.05, 4.69) is 4.98 Å². The largest absolute Gasteiger partial charge is 0.406 e. The second-order valence-electron chi connectivity index (χ2n) is 5.53. The molecule has 2 amide bonds. The van der Waals surface area contributed by atoms with E-state index in [1.165, 1.54) is 0 Å². The van der Waals surface area contributed by atoms with E-state index in [1.54, 1.807) is 23.4 Å². The Kier molecular flexibility index (Phi) is 3.54. The first kappa shape index (κ1) is 14.8. The number of amides is 2. The van der Waals surface area contributed by atoms with Crippen molar-refractivity contribution in [3.63, 3.8) is 0 Å². The molecular weight excluding hydrogens is 299 g/mol. The van der Waals surface area contributed by atoms with E-state index in [-0.39, 0.29) is 18.9 Å². The predicted molar refractivity (Wildman–Crippen MR) is 71.0 cm³/mol. The van der Waals surface area contributed by atoms with Crippen LogP contribution in [0.2, 0.25) is 0 Å². The van der Waals surface area contributed by atoms with Crippen LogP contribution in [-0.4, -0.2) is 47.5 Å². The van der Waals surface area contributed by atoms with Crippen LogP contribution in [0.3, 0.4) is 0 Å². The number of pyridine rings is 1. The van der Waals surface area contributed by atoms with Crippen LogP contribution in [0, 0.1) is 5.92 Å². The molecule has 0 aromatic carbocycles. The third-order valence-corrected chi connectivity index (χ3v) is 3.97. The topological polar surface area (TPSA) is 53.5 Å². The van der Waals surface area contributed by atoms with Gasteiger partial charge in [-0.3, -0.25) is 14.6 Å². The molecule has 0 saturated carbocycles. The molecular formula is C14H14F3N3O2. The Hall–Kier alpha value is -2.12. The van der Waals surface area contributed by atoms with Crippen LogP contribution in [0.15, 0.2) is 18.5 Å². The van der Waals surface area contributed by atoms with Gasteiger partial charge >= 0.3 is 6.18 Å². The first-order valence-electron chi connectivity index (χ1n) is 6.94. The zero-order valence-electron chi connectivity index (χ0n) is 11.6. The van der Waals surface area contributed by atoms with Crippen molar-refractivity contribution in [2.24, 2.45) is 5.92 Å². The van der Waals surface area contributed by atoms with Crippen molar-refractivity contribution >= 4 is 17.5 Å². The monoisotopic (exact) mass is 313 g/mol. The first-order chi connectivity index (χ1) is 10.3. The van der Waals surface area contributed by atoms with Crippen LogP contribution >= 0.6 is 0 Å². The average Bonchev–Trinajstić information content (AvgIpc) is 3.01. The highest BCUT2D eigenvalue weighted by Gasteiger charge is 2.42. The normalized spacial score (nSPS) is 21.4. The molecule has 1 fully saturated rings. The third-order valence-electron chi connectivity index (χ3n) is 3.97. The van der Waals surface area contributed by atoms with Gasteiger partial charge in [0.25, 0.3) is 0 Å². The molecule has 1 aromatic heterocycles. The van der Waals surface area contributed by atoms with Crippen molar-refractivity contribution in [3.05, 3.63) is 24.0 Å². The number of alkyl halides is 3. The summed E-state index contributed by atoms with van der Waals surface area (Å²) in [7, 11) is 0. The van der Waals surface area contributed by atoms with Gasteiger partial charge in [-0.05, 0) is 18.1 Å². The molecule has 3 rings (SSSR count). The van der Waals surface area contributed by atoms with Gasteiger partial charge in [0.05, 0.1) is 5.92 Å². The average molecular weight is 313 g/mol. The number of hydrogen-bond donors (Lipinski definition) is 0. The van der Waals surface area contributed by atoms with E-state index in [9.17, 15) is 22.8 Å². The lowest BCUT2D eigenvalue weighted by Gasteiger charge is -2.22. The number of nitrogens with zero attached hydrogens (tertiary/aromatic N) is 3. The van der Waals surface area contributed by atoms with Crippen molar-refractivity contribution in [1.29, 1.82) is 0 Å². The van der Waals surface area contributed by atoms with Crippen LogP contribution in [0.25, 0.3) is 0 Å². The van der Waals surface area contributed by atoms with Gasteiger partial charge in [-0.15, -0.1) is 0 Å². The van der Waals surface area contributed by atoms with Crippen LogP contribution in [0.4, 0.5) is 18.9 Å². The van der Waals surface area contributed by atoms with Crippen molar-refractivity contribution < 1.29 is 22.8 Å². The highest BCUT2D eigenvalue weighted by Crippen LogP contribution is 2.31. The Balaban J connectivity index is 1.71. The molecule has 1 saturated heterocycles. The lowest BCUT2D eigenvalue weighted by Crippen LogP contribution is -2.38. The highest BCUT2D eigenvalue weighted by molar-refractivity contribution is 6.00. The van der Waals surface area contributed by atoms with Gasteiger partial charge in [0.15, 0.2) is 0 Å². The number of carbonyl (C=O) groups is 2. The second kappa shape index (κ2) is 5.26. The molecule has 3 heterocycles. The summed E-state index contributed by atoms with van der Waals surface area (Å²) in [5, 5.41) is 0. The highest BCUT2D eigenvalue weighted by atomic mass is 19.4. The molecule has 0 spiro atoms. The maximum absolute atomic E-state index is 12.5. The zero-order chi connectivity index (χ0) is 15.9. The van der Waals surface area contributed by atoms with Gasteiger partial charge in [0, 0.05) is 37.6 Å².